The second-order valence-corrected chi connectivity index (χ2v) is 8.43. The highest BCUT2D eigenvalue weighted by Gasteiger charge is 2.26. The van der Waals surface area contributed by atoms with Crippen LogP contribution in [0.4, 0.5) is 0 Å². The number of aromatic nitrogens is 1. The second-order valence-electron chi connectivity index (χ2n) is 5.62. The van der Waals surface area contributed by atoms with E-state index in [0.717, 1.165) is 30.6 Å². The lowest BCUT2D eigenvalue weighted by Crippen LogP contribution is -2.28. The van der Waals surface area contributed by atoms with Crippen LogP contribution in [0.2, 0.25) is 0 Å². The van der Waals surface area contributed by atoms with E-state index in [2.05, 4.69) is 16.6 Å². The van der Waals surface area contributed by atoms with Gasteiger partial charge in [0.25, 0.3) is 10.0 Å². The van der Waals surface area contributed by atoms with Crippen LogP contribution in [0.15, 0.2) is 9.72 Å². The molecular formula is C13H20N2O4S2. The van der Waals surface area contributed by atoms with Gasteiger partial charge in [-0.05, 0) is 24.7 Å². The number of hydrogen-bond acceptors (Lipinski definition) is 5. The molecule has 2 N–H and O–H groups in total. The van der Waals surface area contributed by atoms with Gasteiger partial charge in [-0.2, -0.15) is 0 Å². The van der Waals surface area contributed by atoms with Gasteiger partial charge < -0.3 is 5.11 Å². The van der Waals surface area contributed by atoms with E-state index in [1.165, 1.54) is 18.4 Å². The molecule has 8 heteroatoms. The maximum atomic E-state index is 12.1. The van der Waals surface area contributed by atoms with Crippen LogP contribution in [0, 0.1) is 11.8 Å². The first-order chi connectivity index (χ1) is 9.90. The fourth-order valence-electron chi connectivity index (χ4n) is 2.85. The average molecular weight is 332 g/mol. The second kappa shape index (κ2) is 6.85. The predicted octanol–water partition coefficient (Wildman–Crippen LogP) is 2.34. The summed E-state index contributed by atoms with van der Waals surface area (Å²) in [6.07, 6.45) is 5.54. The van der Waals surface area contributed by atoms with E-state index in [4.69, 9.17) is 5.11 Å². The van der Waals surface area contributed by atoms with Crippen LogP contribution in [0.1, 0.15) is 49.5 Å². The van der Waals surface area contributed by atoms with Crippen molar-refractivity contribution in [2.45, 2.75) is 43.2 Å². The number of nitrogens with zero attached hydrogens (tertiary/aromatic N) is 1. The highest BCUT2D eigenvalue weighted by molar-refractivity contribution is 7.91. The van der Waals surface area contributed by atoms with Crippen LogP contribution in [-0.2, 0) is 10.0 Å². The van der Waals surface area contributed by atoms with E-state index in [1.54, 1.807) is 0 Å². The molecule has 0 bridgehead atoms. The van der Waals surface area contributed by atoms with Crippen molar-refractivity contribution in [2.24, 2.45) is 11.8 Å². The molecule has 1 fully saturated rings. The topological polar surface area (TPSA) is 96.4 Å². The summed E-state index contributed by atoms with van der Waals surface area (Å²) >= 11 is 0.829. The Balaban J connectivity index is 1.92. The minimum Gasteiger partial charge on any atom is -0.476 e. The van der Waals surface area contributed by atoms with Crippen molar-refractivity contribution in [3.63, 3.8) is 0 Å². The summed E-state index contributed by atoms with van der Waals surface area (Å²) in [5.74, 6) is -0.0601. The van der Waals surface area contributed by atoms with Gasteiger partial charge in [0.15, 0.2) is 9.90 Å². The largest absolute Gasteiger partial charge is 0.476 e. The fraction of sp³-hybridized carbons (Fsp3) is 0.692. The quantitative estimate of drug-likeness (QED) is 0.833. The number of thiazole rings is 1. The molecule has 6 nitrogen and oxygen atoms in total. The van der Waals surface area contributed by atoms with Crippen LogP contribution < -0.4 is 4.72 Å². The summed E-state index contributed by atoms with van der Waals surface area (Å²) in [7, 11) is -3.78. The lowest BCUT2D eigenvalue weighted by molar-refractivity contribution is 0.0687. The molecule has 118 valence electrons. The molecule has 1 aromatic rings. The van der Waals surface area contributed by atoms with Crippen molar-refractivity contribution < 1.29 is 18.3 Å². The van der Waals surface area contributed by atoms with Crippen molar-refractivity contribution in [3.05, 3.63) is 11.2 Å². The van der Waals surface area contributed by atoms with Gasteiger partial charge in [0, 0.05) is 6.54 Å². The summed E-state index contributed by atoms with van der Waals surface area (Å²) in [6, 6.07) is 0. The third-order valence-electron chi connectivity index (χ3n) is 3.87. The lowest BCUT2D eigenvalue weighted by atomic mass is 9.81. The van der Waals surface area contributed by atoms with E-state index in [0.29, 0.717) is 18.4 Å². The molecule has 0 spiro atoms. The number of carboxylic acid groups (broad SMARTS) is 1. The summed E-state index contributed by atoms with van der Waals surface area (Å²) in [5, 5.41) is 8.93. The van der Waals surface area contributed by atoms with Gasteiger partial charge in [0.1, 0.15) is 0 Å². The van der Waals surface area contributed by atoms with Crippen molar-refractivity contribution in [2.75, 3.05) is 6.54 Å². The maximum Gasteiger partial charge on any atom is 0.356 e. The molecule has 2 unspecified atom stereocenters. The first kappa shape index (κ1) is 16.4. The van der Waals surface area contributed by atoms with E-state index in [-0.39, 0.29) is 4.21 Å². The molecule has 2 atom stereocenters. The van der Waals surface area contributed by atoms with Gasteiger partial charge >= 0.3 is 5.97 Å². The number of sulfonamides is 1. The van der Waals surface area contributed by atoms with Crippen LogP contribution in [0.25, 0.3) is 0 Å². The molecule has 0 aromatic carbocycles. The predicted molar refractivity (Wildman–Crippen MR) is 80.0 cm³/mol. The van der Waals surface area contributed by atoms with E-state index < -0.39 is 21.7 Å². The highest BCUT2D eigenvalue weighted by atomic mass is 32.2. The van der Waals surface area contributed by atoms with Crippen molar-refractivity contribution in [3.8, 4) is 0 Å². The summed E-state index contributed by atoms with van der Waals surface area (Å²) in [4.78, 5) is 14.5. The number of aromatic carboxylic acids is 1. The molecule has 1 aromatic heterocycles. The summed E-state index contributed by atoms with van der Waals surface area (Å²) in [6.45, 7) is 2.57. The minimum atomic E-state index is -3.78. The van der Waals surface area contributed by atoms with E-state index in [1.807, 2.05) is 0 Å². The number of hydrogen-bond donors (Lipinski definition) is 2. The number of carbonyl (C=O) groups is 1. The van der Waals surface area contributed by atoms with Crippen LogP contribution in [0.5, 0.6) is 0 Å². The molecule has 1 aliphatic rings. The Morgan fingerprint density at radius 2 is 2.29 bits per heavy atom. The van der Waals surface area contributed by atoms with Crippen molar-refractivity contribution >= 4 is 27.3 Å². The van der Waals surface area contributed by atoms with Gasteiger partial charge in [0.05, 0.1) is 5.51 Å². The zero-order valence-electron chi connectivity index (χ0n) is 11.9. The van der Waals surface area contributed by atoms with Gasteiger partial charge in [0.2, 0.25) is 0 Å². The Morgan fingerprint density at radius 1 is 1.52 bits per heavy atom. The summed E-state index contributed by atoms with van der Waals surface area (Å²) in [5.41, 5.74) is 0.833. The number of nitrogens with one attached hydrogen (secondary N) is 1. The molecule has 1 aliphatic carbocycles. The van der Waals surface area contributed by atoms with Gasteiger partial charge in [-0.3, -0.25) is 0 Å². The zero-order chi connectivity index (χ0) is 15.5. The Labute approximate surface area is 128 Å². The third-order valence-corrected chi connectivity index (χ3v) is 6.70. The molecular weight excluding hydrogens is 312 g/mol. The Morgan fingerprint density at radius 3 is 2.95 bits per heavy atom. The van der Waals surface area contributed by atoms with Gasteiger partial charge in [-0.15, -0.1) is 11.3 Å². The monoisotopic (exact) mass is 332 g/mol. The van der Waals surface area contributed by atoms with E-state index in [9.17, 15) is 13.2 Å². The Hall–Kier alpha value is -0.990. The van der Waals surface area contributed by atoms with Crippen LogP contribution in [-0.4, -0.2) is 31.0 Å². The SMILES string of the molecule is CC1CCCC(CCNS(=O)(=O)c2scnc2C(=O)O)C1. The molecule has 1 heterocycles. The molecule has 0 amide bonds. The highest BCUT2D eigenvalue weighted by Crippen LogP contribution is 2.30. The normalized spacial score (nSPS) is 23.1. The van der Waals surface area contributed by atoms with Crippen LogP contribution >= 0.6 is 11.3 Å². The van der Waals surface area contributed by atoms with Gasteiger partial charge in [-0.25, -0.2) is 22.9 Å². The summed E-state index contributed by atoms with van der Waals surface area (Å²) < 4.78 is 26.5. The average Bonchev–Trinajstić information content (AvgIpc) is 2.88. The third kappa shape index (κ3) is 4.24. The molecule has 21 heavy (non-hydrogen) atoms. The van der Waals surface area contributed by atoms with Crippen LogP contribution in [0.3, 0.4) is 0 Å². The zero-order valence-corrected chi connectivity index (χ0v) is 13.5. The Kier molecular flexibility index (Phi) is 5.34. The van der Waals surface area contributed by atoms with Crippen molar-refractivity contribution in [1.82, 2.24) is 9.71 Å². The molecule has 0 saturated heterocycles. The number of carboxylic acids is 1. The first-order valence-electron chi connectivity index (χ1n) is 7.06. The maximum absolute atomic E-state index is 12.1. The van der Waals surface area contributed by atoms with Gasteiger partial charge in [-0.1, -0.05) is 26.2 Å². The standard InChI is InChI=1S/C13H20N2O4S2/c1-9-3-2-4-10(7-9)5-6-15-21(18,19)13-11(12(16)17)14-8-20-13/h8-10,15H,2-7H2,1H3,(H,16,17). The van der Waals surface area contributed by atoms with Crippen molar-refractivity contribution in [1.29, 1.82) is 0 Å². The fourth-order valence-corrected chi connectivity index (χ4v) is 5.08. The number of rotatable bonds is 6. The molecule has 2 rings (SSSR count). The first-order valence-corrected chi connectivity index (χ1v) is 9.43. The molecule has 0 aliphatic heterocycles. The minimum absolute atomic E-state index is 0.216. The van der Waals surface area contributed by atoms with E-state index >= 15 is 0 Å². The molecule has 1 saturated carbocycles. The Bertz CT molecular complexity index is 597. The lowest BCUT2D eigenvalue weighted by Gasteiger charge is -2.26. The smallest absolute Gasteiger partial charge is 0.356 e. The molecule has 0 radical (unpaired) electrons.